The van der Waals surface area contributed by atoms with Crippen LogP contribution in [0.15, 0.2) is 53.5 Å². The van der Waals surface area contributed by atoms with E-state index in [-0.39, 0.29) is 11.3 Å². The molecule has 0 bridgehead atoms. The van der Waals surface area contributed by atoms with Gasteiger partial charge in [-0.2, -0.15) is 9.78 Å². The van der Waals surface area contributed by atoms with Crippen molar-refractivity contribution in [2.45, 2.75) is 6.36 Å². The minimum atomic E-state index is -4.78. The van der Waals surface area contributed by atoms with E-state index in [1.54, 1.807) is 31.5 Å². The van der Waals surface area contributed by atoms with E-state index in [1.807, 2.05) is 0 Å². The molecule has 0 radical (unpaired) electrons. The zero-order valence-electron chi connectivity index (χ0n) is 13.9. The van der Waals surface area contributed by atoms with Gasteiger partial charge in [-0.25, -0.2) is 0 Å². The number of ether oxygens (including phenoxy) is 2. The topological polar surface area (TPSA) is 69.1 Å². The minimum absolute atomic E-state index is 0.326. The van der Waals surface area contributed by atoms with Crippen LogP contribution >= 0.6 is 0 Å². The van der Waals surface area contributed by atoms with Crippen molar-refractivity contribution in [1.82, 2.24) is 14.8 Å². The molecular weight excluding hydrogens is 363 g/mol. The number of nitrogens with one attached hydrogen (secondary N) is 1. The Hall–Kier alpha value is -3.49. The molecule has 6 nitrogen and oxygen atoms in total. The average Bonchev–Trinajstić information content (AvgIpc) is 2.97. The van der Waals surface area contributed by atoms with Crippen LogP contribution in [0, 0.1) is 0 Å². The lowest BCUT2D eigenvalue weighted by Crippen LogP contribution is -2.17. The molecule has 0 aliphatic carbocycles. The number of alkyl halides is 3. The summed E-state index contributed by atoms with van der Waals surface area (Å²) in [5, 5.41) is 5.07. The van der Waals surface area contributed by atoms with Gasteiger partial charge in [-0.15, -0.1) is 13.2 Å². The monoisotopic (exact) mass is 375 g/mol. The first kappa shape index (κ1) is 17.0. The molecule has 0 spiro atoms. The fraction of sp³-hybridized carbons (Fsp3) is 0.111. The van der Waals surface area contributed by atoms with E-state index in [4.69, 9.17) is 4.74 Å². The van der Waals surface area contributed by atoms with Gasteiger partial charge in [0.25, 0.3) is 5.56 Å². The summed E-state index contributed by atoms with van der Waals surface area (Å²) in [6.07, 6.45) is -3.23. The first-order valence-electron chi connectivity index (χ1n) is 7.80. The van der Waals surface area contributed by atoms with Crippen LogP contribution in [0.4, 0.5) is 13.2 Å². The number of pyridine rings is 1. The van der Waals surface area contributed by atoms with E-state index in [0.29, 0.717) is 22.7 Å². The molecule has 2 aliphatic rings. The number of aromatic nitrogens is 3. The highest BCUT2D eigenvalue weighted by atomic mass is 19.4. The number of methoxy groups -OCH3 is 1. The first-order valence-corrected chi connectivity index (χ1v) is 7.80. The molecule has 2 aliphatic heterocycles. The summed E-state index contributed by atoms with van der Waals surface area (Å²) in [5.74, 6) is 0.279. The van der Waals surface area contributed by atoms with E-state index in [2.05, 4.69) is 14.8 Å². The molecule has 0 amide bonds. The molecule has 2 aromatic rings. The largest absolute Gasteiger partial charge is 0.573 e. The normalized spacial score (nSPS) is 11.9. The summed E-state index contributed by atoms with van der Waals surface area (Å²) >= 11 is 0. The lowest BCUT2D eigenvalue weighted by molar-refractivity contribution is -0.274. The van der Waals surface area contributed by atoms with Crippen LogP contribution < -0.4 is 15.0 Å². The second-order valence-corrected chi connectivity index (χ2v) is 5.72. The summed E-state index contributed by atoms with van der Waals surface area (Å²) in [4.78, 5) is 15.7. The Kier molecular flexibility index (Phi) is 3.79. The zero-order chi connectivity index (χ0) is 19.2. The van der Waals surface area contributed by atoms with Crippen molar-refractivity contribution in [3.8, 4) is 28.4 Å². The van der Waals surface area contributed by atoms with Gasteiger partial charge in [0.1, 0.15) is 17.2 Å². The number of fused-ring (bicyclic) bond motifs is 3. The Morgan fingerprint density at radius 1 is 1.07 bits per heavy atom. The van der Waals surface area contributed by atoms with Crippen molar-refractivity contribution < 1.29 is 22.6 Å². The van der Waals surface area contributed by atoms with Gasteiger partial charge in [-0.3, -0.25) is 4.79 Å². The number of halogens is 3. The van der Waals surface area contributed by atoms with Gasteiger partial charge in [0.2, 0.25) is 0 Å². The van der Waals surface area contributed by atoms with E-state index in [0.717, 1.165) is 27.7 Å². The first-order chi connectivity index (χ1) is 12.9. The molecule has 0 fully saturated rings. The number of nitrogens with zero attached hydrogens (tertiary/aromatic N) is 2. The standard InChI is InChI=1S/C18H12F3N3O3/c1-26-12-6-7-13-15(8-12)22-9-14-16(13)23-24(17(14)25)10-2-4-11(5-3-10)27-18(19,20)21/h2-9,22H,1H3. The lowest BCUT2D eigenvalue weighted by atomic mass is 10.1. The van der Waals surface area contributed by atoms with Crippen molar-refractivity contribution in [2.24, 2.45) is 0 Å². The molecule has 0 atom stereocenters. The van der Waals surface area contributed by atoms with E-state index in [9.17, 15) is 18.0 Å². The Labute approximate surface area is 150 Å². The van der Waals surface area contributed by atoms with Crippen molar-refractivity contribution in [3.05, 3.63) is 59.0 Å². The molecule has 27 heavy (non-hydrogen) atoms. The highest BCUT2D eigenvalue weighted by Crippen LogP contribution is 2.29. The molecule has 0 unspecified atom stereocenters. The summed E-state index contributed by atoms with van der Waals surface area (Å²) < 4.78 is 47.0. The number of rotatable bonds is 3. The number of hydrogen-bond acceptors (Lipinski definition) is 4. The smallest absolute Gasteiger partial charge is 0.497 e. The van der Waals surface area contributed by atoms with Crippen LogP contribution in [0.5, 0.6) is 11.5 Å². The fourth-order valence-corrected chi connectivity index (χ4v) is 2.83. The molecular formula is C18H12F3N3O3. The third-order valence-electron chi connectivity index (χ3n) is 4.05. The number of benzene rings is 2. The SMILES string of the molecule is COc1ccc2c3nn(-c4ccc(OC(F)(F)F)cc4)c(=O)c-3c[nH]c2c1. The van der Waals surface area contributed by atoms with Gasteiger partial charge >= 0.3 is 6.36 Å². The molecule has 0 saturated carbocycles. The highest BCUT2D eigenvalue weighted by Gasteiger charge is 2.31. The molecule has 138 valence electrons. The predicted molar refractivity (Wildman–Crippen MR) is 91.5 cm³/mol. The number of H-pyrrole nitrogens is 1. The van der Waals surface area contributed by atoms with E-state index >= 15 is 0 Å². The van der Waals surface area contributed by atoms with Gasteiger partial charge in [0, 0.05) is 17.6 Å². The Bertz CT molecular complexity index is 1150. The summed E-state index contributed by atoms with van der Waals surface area (Å²) in [5.41, 5.74) is 1.52. The van der Waals surface area contributed by atoms with Crippen molar-refractivity contribution in [2.75, 3.05) is 7.11 Å². The highest BCUT2D eigenvalue weighted by molar-refractivity contribution is 5.93. The second kappa shape index (κ2) is 6.04. The van der Waals surface area contributed by atoms with Crippen LogP contribution in [0.1, 0.15) is 0 Å². The maximum absolute atomic E-state index is 12.7. The molecule has 0 aromatic heterocycles. The van der Waals surface area contributed by atoms with Crippen LogP contribution in [-0.2, 0) is 0 Å². The van der Waals surface area contributed by atoms with E-state index in [1.165, 1.54) is 12.1 Å². The summed E-state index contributed by atoms with van der Waals surface area (Å²) in [7, 11) is 1.55. The predicted octanol–water partition coefficient (Wildman–Crippen LogP) is 3.73. The molecule has 4 rings (SSSR count). The van der Waals surface area contributed by atoms with Gasteiger partial charge in [-0.05, 0) is 36.4 Å². The molecule has 9 heteroatoms. The Morgan fingerprint density at radius 2 is 1.78 bits per heavy atom. The van der Waals surface area contributed by atoms with Crippen LogP contribution in [0.3, 0.4) is 0 Å². The third-order valence-corrected chi connectivity index (χ3v) is 4.05. The van der Waals surface area contributed by atoms with Crippen LogP contribution in [0.2, 0.25) is 0 Å². The second-order valence-electron chi connectivity index (χ2n) is 5.72. The molecule has 1 N–H and O–H groups in total. The quantitative estimate of drug-likeness (QED) is 0.593. The summed E-state index contributed by atoms with van der Waals surface area (Å²) in [6, 6.07) is 10.2. The van der Waals surface area contributed by atoms with Gasteiger partial charge in [-0.1, -0.05) is 0 Å². The van der Waals surface area contributed by atoms with Gasteiger partial charge in [0.15, 0.2) is 0 Å². The fourth-order valence-electron chi connectivity index (χ4n) is 2.83. The van der Waals surface area contributed by atoms with Crippen molar-refractivity contribution in [3.63, 3.8) is 0 Å². The lowest BCUT2D eigenvalue weighted by Gasteiger charge is -2.08. The zero-order valence-corrected chi connectivity index (χ0v) is 13.9. The average molecular weight is 375 g/mol. The molecule has 2 aromatic carbocycles. The molecule has 0 saturated heterocycles. The maximum atomic E-state index is 12.7. The van der Waals surface area contributed by atoms with Gasteiger partial charge in [0.05, 0.1) is 23.9 Å². The third kappa shape index (κ3) is 3.07. The van der Waals surface area contributed by atoms with Crippen molar-refractivity contribution in [1.29, 1.82) is 0 Å². The van der Waals surface area contributed by atoms with Crippen molar-refractivity contribution >= 4 is 10.9 Å². The maximum Gasteiger partial charge on any atom is 0.573 e. The van der Waals surface area contributed by atoms with E-state index < -0.39 is 6.36 Å². The molecule has 2 heterocycles. The number of aromatic amines is 1. The minimum Gasteiger partial charge on any atom is -0.497 e. The van der Waals surface area contributed by atoms with Crippen LogP contribution in [-0.4, -0.2) is 28.2 Å². The Morgan fingerprint density at radius 3 is 2.44 bits per heavy atom. The summed E-state index contributed by atoms with van der Waals surface area (Å²) in [6.45, 7) is 0. The Balaban J connectivity index is 1.81. The van der Waals surface area contributed by atoms with Crippen LogP contribution in [0.25, 0.3) is 27.8 Å². The van der Waals surface area contributed by atoms with Gasteiger partial charge < -0.3 is 14.5 Å². The number of hydrogen-bond donors (Lipinski definition) is 1.